The van der Waals surface area contributed by atoms with Crippen LogP contribution in [0.2, 0.25) is 0 Å². The zero-order chi connectivity index (χ0) is 21.8. The van der Waals surface area contributed by atoms with Gasteiger partial charge in [-0.25, -0.2) is 0 Å². The Morgan fingerprint density at radius 1 is 1.03 bits per heavy atom. The van der Waals surface area contributed by atoms with E-state index in [-0.39, 0.29) is 5.91 Å². The molecule has 0 unspecified atom stereocenters. The van der Waals surface area contributed by atoms with Gasteiger partial charge in [0.2, 0.25) is 6.79 Å². The number of para-hydroxylation sites is 1. The number of rotatable bonds is 6. The van der Waals surface area contributed by atoms with E-state index in [2.05, 4.69) is 26.2 Å². The summed E-state index contributed by atoms with van der Waals surface area (Å²) in [6, 6.07) is 10.1. The van der Waals surface area contributed by atoms with Crippen molar-refractivity contribution in [3.8, 4) is 11.5 Å². The summed E-state index contributed by atoms with van der Waals surface area (Å²) in [5, 5.41) is 3.19. The number of fused-ring (bicyclic) bond motifs is 1. The van der Waals surface area contributed by atoms with Gasteiger partial charge in [-0.15, -0.1) is 0 Å². The van der Waals surface area contributed by atoms with Gasteiger partial charge in [-0.2, -0.15) is 0 Å². The van der Waals surface area contributed by atoms with Crippen molar-refractivity contribution < 1.29 is 14.3 Å². The molecule has 2 fully saturated rings. The van der Waals surface area contributed by atoms with Gasteiger partial charge in [-0.05, 0) is 68.8 Å². The number of hydrogen-bond donors (Lipinski definition) is 1. The molecule has 170 valence electrons. The zero-order valence-electron chi connectivity index (χ0n) is 18.5. The van der Waals surface area contributed by atoms with E-state index in [4.69, 9.17) is 9.47 Å². The van der Waals surface area contributed by atoms with E-state index in [0.717, 1.165) is 68.7 Å². The van der Waals surface area contributed by atoms with Crippen molar-refractivity contribution in [3.63, 3.8) is 0 Å². The van der Waals surface area contributed by atoms with Gasteiger partial charge in [0.25, 0.3) is 5.91 Å². The van der Waals surface area contributed by atoms with Gasteiger partial charge in [0.1, 0.15) is 0 Å². The van der Waals surface area contributed by atoms with E-state index in [1.807, 2.05) is 18.2 Å². The van der Waals surface area contributed by atoms with E-state index >= 15 is 0 Å². The summed E-state index contributed by atoms with van der Waals surface area (Å²) < 4.78 is 11.2. The van der Waals surface area contributed by atoms with E-state index in [9.17, 15) is 4.79 Å². The number of aromatic nitrogens is 1. The Morgan fingerprint density at radius 3 is 2.66 bits per heavy atom. The molecule has 0 spiro atoms. The molecule has 0 radical (unpaired) electrons. The number of benzene rings is 1. The van der Waals surface area contributed by atoms with Crippen molar-refractivity contribution >= 4 is 11.6 Å². The van der Waals surface area contributed by atoms with Crippen molar-refractivity contribution in [2.45, 2.75) is 38.1 Å². The van der Waals surface area contributed by atoms with E-state index in [1.165, 1.54) is 19.3 Å². The van der Waals surface area contributed by atoms with Crippen LogP contribution >= 0.6 is 0 Å². The molecule has 3 heterocycles. The highest BCUT2D eigenvalue weighted by Gasteiger charge is 2.26. The number of nitrogens with zero attached hydrogens (tertiary/aromatic N) is 3. The maximum absolute atomic E-state index is 12.3. The molecule has 7 heteroatoms. The molecule has 0 bridgehead atoms. The normalized spacial score (nSPS) is 23.2. The van der Waals surface area contributed by atoms with Crippen molar-refractivity contribution in [2.24, 2.45) is 5.92 Å². The van der Waals surface area contributed by atoms with E-state index < -0.39 is 0 Å². The van der Waals surface area contributed by atoms with E-state index in [1.54, 1.807) is 18.5 Å². The summed E-state index contributed by atoms with van der Waals surface area (Å²) >= 11 is 0. The van der Waals surface area contributed by atoms with Crippen LogP contribution in [0.3, 0.4) is 0 Å². The third kappa shape index (κ3) is 4.83. The lowest BCUT2D eigenvalue weighted by Crippen LogP contribution is -2.47. The smallest absolute Gasteiger partial charge is 0.253 e. The Bertz CT molecular complexity index is 907. The van der Waals surface area contributed by atoms with E-state index in [0.29, 0.717) is 18.4 Å². The molecule has 2 aromatic rings. The Kier molecular flexibility index (Phi) is 6.44. The molecule has 32 heavy (non-hydrogen) atoms. The van der Waals surface area contributed by atoms with Crippen molar-refractivity contribution in [1.29, 1.82) is 0 Å². The highest BCUT2D eigenvalue weighted by molar-refractivity contribution is 5.94. The molecular formula is C25H32N4O3. The van der Waals surface area contributed by atoms with Gasteiger partial charge in [0.15, 0.2) is 11.5 Å². The molecule has 1 saturated heterocycles. The number of pyridine rings is 1. The minimum absolute atomic E-state index is 0.000410. The first-order valence-corrected chi connectivity index (χ1v) is 11.8. The minimum atomic E-state index is 0.000410. The van der Waals surface area contributed by atoms with Crippen LogP contribution in [0, 0.1) is 5.92 Å². The van der Waals surface area contributed by atoms with Crippen LogP contribution in [-0.2, 0) is 0 Å². The zero-order valence-corrected chi connectivity index (χ0v) is 18.5. The number of ether oxygens (including phenoxy) is 2. The first-order valence-electron chi connectivity index (χ1n) is 11.8. The fraction of sp³-hybridized carbons (Fsp3) is 0.520. The number of amides is 1. The SMILES string of the molecule is O=C(N[C@H]1CC[C@H](CCN2CCN(c3cccc4c3OCO4)CC2)CC1)c1cccnc1. The van der Waals surface area contributed by atoms with Crippen LogP contribution in [0.15, 0.2) is 42.7 Å². The largest absolute Gasteiger partial charge is 0.454 e. The number of nitrogens with one attached hydrogen (secondary N) is 1. The van der Waals surface area contributed by atoms with Gasteiger partial charge in [0.05, 0.1) is 11.3 Å². The first kappa shape index (κ1) is 21.1. The molecule has 1 N–H and O–H groups in total. The molecule has 1 aromatic carbocycles. The van der Waals surface area contributed by atoms with Crippen LogP contribution in [0.5, 0.6) is 11.5 Å². The van der Waals surface area contributed by atoms with Crippen molar-refractivity contribution in [3.05, 3.63) is 48.3 Å². The molecular weight excluding hydrogens is 404 g/mol. The first-order chi connectivity index (χ1) is 15.8. The highest BCUT2D eigenvalue weighted by Crippen LogP contribution is 2.41. The maximum atomic E-state index is 12.3. The molecule has 1 aliphatic carbocycles. The van der Waals surface area contributed by atoms with Crippen LogP contribution in [0.4, 0.5) is 5.69 Å². The van der Waals surface area contributed by atoms with Gasteiger partial charge in [0, 0.05) is 44.6 Å². The molecule has 5 rings (SSSR count). The van der Waals surface area contributed by atoms with Crippen LogP contribution in [0.1, 0.15) is 42.5 Å². The molecule has 1 saturated carbocycles. The molecule has 2 aliphatic heterocycles. The van der Waals surface area contributed by atoms with Crippen molar-refractivity contribution in [1.82, 2.24) is 15.2 Å². The number of carbonyl (C=O) groups is 1. The predicted molar refractivity (Wildman–Crippen MR) is 123 cm³/mol. The topological polar surface area (TPSA) is 66.9 Å². The number of hydrogen-bond acceptors (Lipinski definition) is 6. The summed E-state index contributed by atoms with van der Waals surface area (Å²) in [5.41, 5.74) is 1.81. The predicted octanol–water partition coefficient (Wildman–Crippen LogP) is 3.31. The lowest BCUT2D eigenvalue weighted by molar-refractivity contribution is 0.0919. The molecule has 3 aliphatic rings. The summed E-state index contributed by atoms with van der Waals surface area (Å²) in [6.45, 7) is 5.70. The lowest BCUT2D eigenvalue weighted by Gasteiger charge is -2.37. The standard InChI is InChI=1S/C25H32N4O3/c30-25(20-3-2-11-26-17-20)27-21-8-6-19(7-9-21)10-12-28-13-15-29(16-14-28)22-4-1-5-23-24(22)32-18-31-23/h1-5,11,17,19,21H,6-10,12-16,18H2,(H,27,30)/t19-,21-. The quantitative estimate of drug-likeness (QED) is 0.750. The molecule has 1 aromatic heterocycles. The van der Waals surface area contributed by atoms with Crippen molar-refractivity contribution in [2.75, 3.05) is 44.4 Å². The second kappa shape index (κ2) is 9.77. The number of carbonyl (C=O) groups excluding carboxylic acids is 1. The fourth-order valence-electron chi connectivity index (χ4n) is 5.10. The third-order valence-corrected chi connectivity index (χ3v) is 7.05. The average Bonchev–Trinajstić information content (AvgIpc) is 3.34. The van der Waals surface area contributed by atoms with Crippen LogP contribution < -0.4 is 19.7 Å². The van der Waals surface area contributed by atoms with Gasteiger partial charge in [-0.1, -0.05) is 6.07 Å². The monoisotopic (exact) mass is 436 g/mol. The number of piperazine rings is 1. The Labute approximate surface area is 189 Å². The van der Waals surface area contributed by atoms with Crippen LogP contribution in [0.25, 0.3) is 0 Å². The van der Waals surface area contributed by atoms with Gasteiger partial charge >= 0.3 is 0 Å². The van der Waals surface area contributed by atoms with Gasteiger partial charge < -0.3 is 19.7 Å². The second-order valence-corrected chi connectivity index (χ2v) is 9.06. The summed E-state index contributed by atoms with van der Waals surface area (Å²) in [4.78, 5) is 21.4. The van der Waals surface area contributed by atoms with Gasteiger partial charge in [-0.3, -0.25) is 14.7 Å². The number of anilines is 1. The van der Waals surface area contributed by atoms with Crippen LogP contribution in [-0.4, -0.2) is 61.3 Å². The molecule has 1 amide bonds. The molecule has 0 atom stereocenters. The molecule has 7 nitrogen and oxygen atoms in total. The Hall–Kier alpha value is -2.80. The summed E-state index contributed by atoms with van der Waals surface area (Å²) in [6.07, 6.45) is 9.13. The highest BCUT2D eigenvalue weighted by atomic mass is 16.7. The Balaban J connectivity index is 1.02. The maximum Gasteiger partial charge on any atom is 0.253 e. The lowest BCUT2D eigenvalue weighted by atomic mass is 9.84. The summed E-state index contributed by atoms with van der Waals surface area (Å²) in [5.74, 6) is 2.52. The third-order valence-electron chi connectivity index (χ3n) is 7.05. The minimum Gasteiger partial charge on any atom is -0.454 e. The Morgan fingerprint density at radius 2 is 1.88 bits per heavy atom. The average molecular weight is 437 g/mol. The second-order valence-electron chi connectivity index (χ2n) is 9.06. The summed E-state index contributed by atoms with van der Waals surface area (Å²) in [7, 11) is 0. The fourth-order valence-corrected chi connectivity index (χ4v) is 5.10.